The van der Waals surface area contributed by atoms with Crippen molar-refractivity contribution in [3.63, 3.8) is 0 Å². The lowest BCUT2D eigenvalue weighted by Crippen LogP contribution is -2.01. The topological polar surface area (TPSA) is 108 Å². The molecule has 0 saturated heterocycles. The number of aromatic carboxylic acids is 1. The molecule has 140 valence electrons. The standard InChI is InChI=1S/C20H14FN3O4/c1-10-7-12(21)4-5-14(10)24-19-16(20(26)27)17(25)15(28-19)8-11-9-23-18-13(11)3-2-6-22-18/h2-9,24-25H,1H3,(H,26,27). The molecule has 0 fully saturated rings. The molecule has 2 aromatic heterocycles. The number of aliphatic imine (C=N–C) groups is 1. The molecular weight excluding hydrogens is 365 g/mol. The average molecular weight is 379 g/mol. The van der Waals surface area contributed by atoms with Gasteiger partial charge in [-0.05, 0) is 48.9 Å². The fraction of sp³-hybridized carbons (Fsp3) is 0.0500. The first-order chi connectivity index (χ1) is 13.4. The Morgan fingerprint density at radius 3 is 2.89 bits per heavy atom. The smallest absolute Gasteiger partial charge is 0.345 e. The normalized spacial score (nSPS) is 13.7. The van der Waals surface area contributed by atoms with Crippen LogP contribution in [-0.2, 0) is 0 Å². The van der Waals surface area contributed by atoms with Crippen LogP contribution >= 0.6 is 0 Å². The lowest BCUT2D eigenvalue weighted by Gasteiger charge is -2.07. The Hall–Kier alpha value is -3.94. The van der Waals surface area contributed by atoms with Gasteiger partial charge in [0.1, 0.15) is 5.82 Å². The molecule has 1 aromatic carbocycles. The fourth-order valence-electron chi connectivity index (χ4n) is 2.90. The van der Waals surface area contributed by atoms with E-state index < -0.39 is 23.1 Å². The van der Waals surface area contributed by atoms with Gasteiger partial charge in [0.15, 0.2) is 22.9 Å². The van der Waals surface area contributed by atoms with Crippen molar-refractivity contribution in [2.75, 3.05) is 5.32 Å². The number of hydrogen-bond donors (Lipinski definition) is 3. The van der Waals surface area contributed by atoms with Gasteiger partial charge in [-0.3, -0.25) is 0 Å². The van der Waals surface area contributed by atoms with Crippen molar-refractivity contribution in [2.45, 2.75) is 6.92 Å². The van der Waals surface area contributed by atoms with E-state index in [4.69, 9.17) is 4.42 Å². The van der Waals surface area contributed by atoms with Gasteiger partial charge in [0.25, 0.3) is 0 Å². The molecule has 0 amide bonds. The van der Waals surface area contributed by atoms with Crippen LogP contribution in [0.3, 0.4) is 0 Å². The molecule has 4 rings (SSSR count). The van der Waals surface area contributed by atoms with E-state index in [9.17, 15) is 19.4 Å². The van der Waals surface area contributed by atoms with Gasteiger partial charge in [0.05, 0.1) is 0 Å². The van der Waals surface area contributed by atoms with Crippen molar-refractivity contribution >= 4 is 41.2 Å². The first-order valence-electron chi connectivity index (χ1n) is 8.27. The molecule has 3 aromatic rings. The Balaban J connectivity index is 1.77. The van der Waals surface area contributed by atoms with Gasteiger partial charge in [-0.1, -0.05) is 0 Å². The number of nitrogens with zero attached hydrogens (tertiary/aromatic N) is 2. The molecule has 0 saturated carbocycles. The van der Waals surface area contributed by atoms with E-state index >= 15 is 0 Å². The Labute approximate surface area is 158 Å². The molecule has 0 atom stereocenters. The molecule has 28 heavy (non-hydrogen) atoms. The van der Waals surface area contributed by atoms with Crippen LogP contribution in [0.4, 0.5) is 21.8 Å². The summed E-state index contributed by atoms with van der Waals surface area (Å²) >= 11 is 0. The van der Waals surface area contributed by atoms with Crippen molar-refractivity contribution in [1.82, 2.24) is 4.98 Å². The summed E-state index contributed by atoms with van der Waals surface area (Å²) in [6.45, 7) is 1.66. The fourth-order valence-corrected chi connectivity index (χ4v) is 2.90. The molecule has 0 unspecified atom stereocenters. The highest BCUT2D eigenvalue weighted by Gasteiger charge is 2.26. The number of fused-ring (bicyclic) bond motifs is 1. The number of furan rings is 1. The van der Waals surface area contributed by atoms with Crippen LogP contribution < -0.4 is 5.32 Å². The van der Waals surface area contributed by atoms with E-state index in [0.717, 1.165) is 5.56 Å². The van der Waals surface area contributed by atoms with Gasteiger partial charge >= 0.3 is 5.97 Å². The van der Waals surface area contributed by atoms with Gasteiger partial charge < -0.3 is 19.9 Å². The zero-order valence-corrected chi connectivity index (χ0v) is 14.6. The molecule has 0 spiro atoms. The number of rotatable bonds is 4. The highest BCUT2D eigenvalue weighted by Crippen LogP contribution is 2.39. The molecule has 1 aliphatic rings. The Morgan fingerprint density at radius 2 is 2.14 bits per heavy atom. The number of benzene rings is 1. The number of aromatic nitrogens is 1. The lowest BCUT2D eigenvalue weighted by atomic mass is 10.1. The van der Waals surface area contributed by atoms with E-state index in [0.29, 0.717) is 22.6 Å². The molecule has 8 heteroatoms. The molecule has 7 nitrogen and oxygen atoms in total. The predicted molar refractivity (Wildman–Crippen MR) is 102 cm³/mol. The van der Waals surface area contributed by atoms with Gasteiger partial charge in [-0.25, -0.2) is 19.2 Å². The molecule has 3 N–H and O–H groups in total. The number of carboxylic acids is 1. The number of pyridine rings is 1. The number of carboxylic acid groups (broad SMARTS) is 1. The number of nitrogens with one attached hydrogen (secondary N) is 1. The third kappa shape index (κ3) is 3.01. The second-order valence-electron chi connectivity index (χ2n) is 6.14. The number of aryl methyl sites for hydroxylation is 1. The number of halogens is 1. The molecule has 1 aliphatic heterocycles. The minimum atomic E-state index is -1.37. The summed E-state index contributed by atoms with van der Waals surface area (Å²) < 4.78 is 18.9. The third-order valence-corrected chi connectivity index (χ3v) is 4.27. The highest BCUT2D eigenvalue weighted by atomic mass is 19.1. The number of allylic oxidation sites excluding steroid dienone is 1. The number of aromatic hydroxyl groups is 1. The van der Waals surface area contributed by atoms with E-state index in [-0.39, 0.29) is 11.6 Å². The summed E-state index contributed by atoms with van der Waals surface area (Å²) in [7, 11) is 0. The number of anilines is 2. The zero-order chi connectivity index (χ0) is 19.8. The third-order valence-electron chi connectivity index (χ3n) is 4.27. The Kier molecular flexibility index (Phi) is 4.15. The minimum absolute atomic E-state index is 0.0437. The van der Waals surface area contributed by atoms with E-state index in [1.807, 2.05) is 0 Å². The maximum absolute atomic E-state index is 13.3. The largest absolute Gasteiger partial charge is 0.504 e. The monoisotopic (exact) mass is 379 g/mol. The quantitative estimate of drug-likeness (QED) is 0.615. The summed E-state index contributed by atoms with van der Waals surface area (Å²) in [5, 5.41) is 22.7. The van der Waals surface area contributed by atoms with E-state index in [1.54, 1.807) is 31.5 Å². The molecule has 3 heterocycles. The molecular formula is C20H14FN3O4. The maximum Gasteiger partial charge on any atom is 0.345 e. The minimum Gasteiger partial charge on any atom is -0.504 e. The first kappa shape index (κ1) is 17.5. The number of hydrogen-bond acceptors (Lipinski definition) is 6. The maximum atomic E-state index is 13.3. The van der Waals surface area contributed by atoms with Crippen LogP contribution in [-0.4, -0.2) is 27.4 Å². The Bertz CT molecular complexity index is 1160. The van der Waals surface area contributed by atoms with Crippen LogP contribution in [0, 0.1) is 12.7 Å². The van der Waals surface area contributed by atoms with Crippen LogP contribution in [0.15, 0.2) is 45.9 Å². The summed E-state index contributed by atoms with van der Waals surface area (Å²) in [6, 6.07) is 7.55. The second-order valence-corrected chi connectivity index (χ2v) is 6.14. The van der Waals surface area contributed by atoms with Crippen molar-refractivity contribution in [1.29, 1.82) is 0 Å². The first-order valence-corrected chi connectivity index (χ1v) is 8.27. The predicted octanol–water partition coefficient (Wildman–Crippen LogP) is 4.53. The van der Waals surface area contributed by atoms with Crippen LogP contribution in [0.25, 0.3) is 11.6 Å². The van der Waals surface area contributed by atoms with Gasteiger partial charge in [0.2, 0.25) is 5.88 Å². The van der Waals surface area contributed by atoms with Gasteiger partial charge in [-0.15, -0.1) is 0 Å². The highest BCUT2D eigenvalue weighted by molar-refractivity contribution is 6.21. The molecule has 0 bridgehead atoms. The van der Waals surface area contributed by atoms with Crippen LogP contribution in [0.1, 0.15) is 27.2 Å². The van der Waals surface area contributed by atoms with E-state index in [2.05, 4.69) is 15.3 Å². The van der Waals surface area contributed by atoms with Crippen molar-refractivity contribution in [2.24, 2.45) is 4.99 Å². The van der Waals surface area contributed by atoms with Gasteiger partial charge in [-0.2, -0.15) is 0 Å². The summed E-state index contributed by atoms with van der Waals surface area (Å²) in [5.74, 6) is -1.98. The number of carbonyl (C=O) groups is 1. The van der Waals surface area contributed by atoms with Crippen molar-refractivity contribution in [3.05, 3.63) is 64.8 Å². The second kappa shape index (κ2) is 6.66. The zero-order valence-electron chi connectivity index (χ0n) is 14.6. The van der Waals surface area contributed by atoms with Gasteiger partial charge in [0, 0.05) is 29.2 Å². The molecule has 0 aliphatic carbocycles. The van der Waals surface area contributed by atoms with Crippen molar-refractivity contribution in [3.8, 4) is 5.75 Å². The lowest BCUT2D eigenvalue weighted by molar-refractivity contribution is 0.0695. The van der Waals surface area contributed by atoms with Crippen LogP contribution in [0.2, 0.25) is 0 Å². The summed E-state index contributed by atoms with van der Waals surface area (Å²) in [4.78, 5) is 19.9. The SMILES string of the molecule is Cc1cc(F)ccc1Nc1oc(C=C2C=Nc3ncccc32)c(O)c1C(=O)O. The van der Waals surface area contributed by atoms with Crippen LogP contribution in [0.5, 0.6) is 5.75 Å². The van der Waals surface area contributed by atoms with Crippen molar-refractivity contribution < 1.29 is 23.8 Å². The molecule has 0 radical (unpaired) electrons. The summed E-state index contributed by atoms with van der Waals surface area (Å²) in [5.41, 5.74) is 1.94. The summed E-state index contributed by atoms with van der Waals surface area (Å²) in [6.07, 6.45) is 4.65. The average Bonchev–Trinajstić information content (AvgIpc) is 3.19. The Morgan fingerprint density at radius 1 is 1.32 bits per heavy atom. The van der Waals surface area contributed by atoms with E-state index in [1.165, 1.54) is 24.3 Å².